The fourth-order valence-corrected chi connectivity index (χ4v) is 3.55. The molecule has 1 aliphatic carbocycles. The molecule has 8 heteroatoms. The molecule has 2 aliphatic rings. The zero-order chi connectivity index (χ0) is 17.4. The molecule has 1 N–H and O–H groups in total. The molecule has 0 amide bonds. The Kier molecular flexibility index (Phi) is 4.07. The van der Waals surface area contributed by atoms with Gasteiger partial charge in [-0.2, -0.15) is 0 Å². The first-order valence-corrected chi connectivity index (χ1v) is 8.44. The Bertz CT molecular complexity index is 748. The highest BCUT2D eigenvalue weighted by Crippen LogP contribution is 2.33. The first-order valence-electron chi connectivity index (χ1n) is 8.44. The molecule has 0 bridgehead atoms. The first-order chi connectivity index (χ1) is 12.0. The molecule has 0 atom stereocenters. The third-order valence-electron chi connectivity index (χ3n) is 4.64. The van der Waals surface area contributed by atoms with Crippen LogP contribution in [0.15, 0.2) is 24.3 Å². The number of piperazine rings is 1. The SMILES string of the molecule is FC(F)(F)Oc1ccc(-n2nc(N3CCNCC3)c3c2CCC3)cc1. The van der Waals surface area contributed by atoms with E-state index >= 15 is 0 Å². The molecule has 4 rings (SSSR count). The topological polar surface area (TPSA) is 42.3 Å². The van der Waals surface area contributed by atoms with E-state index in [1.165, 1.54) is 17.7 Å². The summed E-state index contributed by atoms with van der Waals surface area (Å²) in [5, 5.41) is 8.12. The molecule has 1 saturated heterocycles. The van der Waals surface area contributed by atoms with Crippen LogP contribution in [0.3, 0.4) is 0 Å². The lowest BCUT2D eigenvalue weighted by Crippen LogP contribution is -2.44. The summed E-state index contributed by atoms with van der Waals surface area (Å²) in [7, 11) is 0. The molecule has 2 aromatic rings. The first kappa shape index (κ1) is 16.3. The maximum atomic E-state index is 12.3. The van der Waals surface area contributed by atoms with Gasteiger partial charge in [0, 0.05) is 37.4 Å². The van der Waals surface area contributed by atoms with Crippen LogP contribution in [-0.4, -0.2) is 42.3 Å². The molecule has 1 aliphatic heterocycles. The molecule has 0 saturated carbocycles. The van der Waals surface area contributed by atoms with Crippen molar-refractivity contribution in [2.24, 2.45) is 0 Å². The van der Waals surface area contributed by atoms with Crippen LogP contribution in [0, 0.1) is 0 Å². The second kappa shape index (κ2) is 6.25. The zero-order valence-corrected chi connectivity index (χ0v) is 13.6. The van der Waals surface area contributed by atoms with Crippen LogP contribution in [-0.2, 0) is 12.8 Å². The van der Waals surface area contributed by atoms with Gasteiger partial charge in [-0.3, -0.25) is 0 Å². The van der Waals surface area contributed by atoms with E-state index in [1.807, 2.05) is 4.68 Å². The predicted octanol–water partition coefficient (Wildman–Crippen LogP) is 2.67. The highest BCUT2D eigenvalue weighted by molar-refractivity contribution is 5.55. The van der Waals surface area contributed by atoms with E-state index in [4.69, 9.17) is 5.10 Å². The van der Waals surface area contributed by atoms with Crippen molar-refractivity contribution >= 4 is 5.82 Å². The fraction of sp³-hybridized carbons (Fsp3) is 0.471. The number of nitrogens with one attached hydrogen (secondary N) is 1. The molecule has 1 aromatic carbocycles. The van der Waals surface area contributed by atoms with Gasteiger partial charge < -0.3 is 15.0 Å². The summed E-state index contributed by atoms with van der Waals surface area (Å²) in [6.07, 6.45) is -1.65. The van der Waals surface area contributed by atoms with Crippen molar-refractivity contribution in [3.63, 3.8) is 0 Å². The number of benzene rings is 1. The molecule has 2 heterocycles. The maximum Gasteiger partial charge on any atom is 0.573 e. The summed E-state index contributed by atoms with van der Waals surface area (Å²) < 4.78 is 42.7. The number of alkyl halides is 3. The minimum Gasteiger partial charge on any atom is -0.406 e. The summed E-state index contributed by atoms with van der Waals surface area (Å²) in [6.45, 7) is 3.71. The molecule has 0 unspecified atom stereocenters. The number of aromatic nitrogens is 2. The van der Waals surface area contributed by atoms with Crippen molar-refractivity contribution in [2.75, 3.05) is 31.1 Å². The number of hydrogen-bond donors (Lipinski definition) is 1. The summed E-state index contributed by atoms with van der Waals surface area (Å²) in [6, 6.07) is 5.90. The van der Waals surface area contributed by atoms with Crippen molar-refractivity contribution in [3.8, 4) is 11.4 Å². The van der Waals surface area contributed by atoms with Crippen molar-refractivity contribution in [1.82, 2.24) is 15.1 Å². The van der Waals surface area contributed by atoms with Crippen molar-refractivity contribution in [2.45, 2.75) is 25.6 Å². The normalized spacial score (nSPS) is 17.6. The lowest BCUT2D eigenvalue weighted by molar-refractivity contribution is -0.274. The minimum atomic E-state index is -4.68. The van der Waals surface area contributed by atoms with E-state index in [-0.39, 0.29) is 5.75 Å². The summed E-state index contributed by atoms with van der Waals surface area (Å²) in [5.41, 5.74) is 3.20. The Morgan fingerprint density at radius 2 is 1.76 bits per heavy atom. The monoisotopic (exact) mass is 352 g/mol. The van der Waals surface area contributed by atoms with Gasteiger partial charge in [-0.05, 0) is 43.5 Å². The van der Waals surface area contributed by atoms with Crippen molar-refractivity contribution < 1.29 is 17.9 Å². The second-order valence-corrected chi connectivity index (χ2v) is 6.29. The van der Waals surface area contributed by atoms with Crippen LogP contribution < -0.4 is 15.0 Å². The maximum absolute atomic E-state index is 12.3. The number of anilines is 1. The van der Waals surface area contributed by atoms with Crippen LogP contribution in [0.25, 0.3) is 5.69 Å². The number of hydrogen-bond acceptors (Lipinski definition) is 4. The molecule has 1 aromatic heterocycles. The van der Waals surface area contributed by atoms with Crippen molar-refractivity contribution in [1.29, 1.82) is 0 Å². The summed E-state index contributed by atoms with van der Waals surface area (Å²) in [4.78, 5) is 2.29. The standard InChI is InChI=1S/C17H19F3N4O/c18-17(19,20)25-13-6-4-12(5-7-13)24-15-3-1-2-14(15)16(22-24)23-10-8-21-9-11-23/h4-7,21H,1-3,8-11H2. The molecular formula is C17H19F3N4O. The number of halogens is 3. The van der Waals surface area contributed by atoms with Gasteiger partial charge in [0.1, 0.15) is 5.75 Å². The smallest absolute Gasteiger partial charge is 0.406 e. The van der Waals surface area contributed by atoms with Crippen LogP contribution in [0.5, 0.6) is 5.75 Å². The van der Waals surface area contributed by atoms with Gasteiger partial charge in [0.05, 0.1) is 5.69 Å². The highest BCUT2D eigenvalue weighted by atomic mass is 19.4. The molecule has 25 heavy (non-hydrogen) atoms. The Morgan fingerprint density at radius 3 is 2.44 bits per heavy atom. The lowest BCUT2D eigenvalue weighted by Gasteiger charge is -2.28. The van der Waals surface area contributed by atoms with Gasteiger partial charge in [0.2, 0.25) is 0 Å². The summed E-state index contributed by atoms with van der Waals surface area (Å²) >= 11 is 0. The van der Waals surface area contributed by atoms with E-state index in [0.717, 1.165) is 62.6 Å². The Morgan fingerprint density at radius 1 is 1.04 bits per heavy atom. The Hall–Kier alpha value is -2.22. The Labute approximate surface area is 143 Å². The molecule has 5 nitrogen and oxygen atoms in total. The second-order valence-electron chi connectivity index (χ2n) is 6.29. The lowest BCUT2D eigenvalue weighted by atomic mass is 10.2. The molecule has 134 valence electrons. The van der Waals surface area contributed by atoms with Gasteiger partial charge in [-0.15, -0.1) is 18.3 Å². The van der Waals surface area contributed by atoms with E-state index in [9.17, 15) is 13.2 Å². The van der Waals surface area contributed by atoms with E-state index in [2.05, 4.69) is 15.0 Å². The highest BCUT2D eigenvalue weighted by Gasteiger charge is 2.31. The van der Waals surface area contributed by atoms with E-state index in [0.29, 0.717) is 0 Å². The average molecular weight is 352 g/mol. The number of nitrogens with zero attached hydrogens (tertiary/aromatic N) is 3. The molecule has 0 spiro atoms. The quantitative estimate of drug-likeness (QED) is 0.922. The molecular weight excluding hydrogens is 333 g/mol. The number of fused-ring (bicyclic) bond motifs is 1. The minimum absolute atomic E-state index is 0.220. The van der Waals surface area contributed by atoms with Gasteiger partial charge in [-0.25, -0.2) is 4.68 Å². The Balaban J connectivity index is 1.64. The van der Waals surface area contributed by atoms with E-state index in [1.54, 1.807) is 12.1 Å². The van der Waals surface area contributed by atoms with E-state index < -0.39 is 6.36 Å². The summed E-state index contributed by atoms with van der Waals surface area (Å²) in [5.74, 6) is 0.798. The number of ether oxygens (including phenoxy) is 1. The zero-order valence-electron chi connectivity index (χ0n) is 13.6. The third-order valence-corrected chi connectivity index (χ3v) is 4.64. The van der Waals surface area contributed by atoms with Crippen molar-refractivity contribution in [3.05, 3.63) is 35.5 Å². The van der Waals surface area contributed by atoms with Crippen LogP contribution in [0.4, 0.5) is 19.0 Å². The average Bonchev–Trinajstić information content (AvgIpc) is 3.17. The number of rotatable bonds is 3. The molecule has 0 radical (unpaired) electrons. The van der Waals surface area contributed by atoms with Gasteiger partial charge in [0.15, 0.2) is 5.82 Å². The van der Waals surface area contributed by atoms with Gasteiger partial charge >= 0.3 is 6.36 Å². The van der Waals surface area contributed by atoms with Crippen LogP contribution in [0.2, 0.25) is 0 Å². The van der Waals surface area contributed by atoms with Gasteiger partial charge in [-0.1, -0.05) is 0 Å². The van der Waals surface area contributed by atoms with Gasteiger partial charge in [0.25, 0.3) is 0 Å². The molecule has 1 fully saturated rings. The largest absolute Gasteiger partial charge is 0.573 e. The fourth-order valence-electron chi connectivity index (χ4n) is 3.55. The predicted molar refractivity (Wildman–Crippen MR) is 87.4 cm³/mol. The van der Waals surface area contributed by atoms with Crippen LogP contribution >= 0.6 is 0 Å². The van der Waals surface area contributed by atoms with Crippen LogP contribution in [0.1, 0.15) is 17.7 Å². The third kappa shape index (κ3) is 3.30.